The largest absolute Gasteiger partial charge is 0.352 e. The molecule has 2 nitrogen and oxygen atoms in total. The van der Waals surface area contributed by atoms with Crippen molar-refractivity contribution < 1.29 is 4.79 Å². The van der Waals surface area contributed by atoms with Crippen LogP contribution >= 0.6 is 11.8 Å². The summed E-state index contributed by atoms with van der Waals surface area (Å²) in [6.07, 6.45) is 7.90. The molecule has 0 aromatic heterocycles. The summed E-state index contributed by atoms with van der Waals surface area (Å²) in [5.41, 5.74) is 1.21. The number of nitrogens with one attached hydrogen (secondary N) is 1. The molecule has 0 radical (unpaired) electrons. The fourth-order valence-electron chi connectivity index (χ4n) is 3.00. The van der Waals surface area contributed by atoms with Crippen LogP contribution in [0.2, 0.25) is 0 Å². The van der Waals surface area contributed by atoms with Gasteiger partial charge in [-0.3, -0.25) is 4.79 Å². The van der Waals surface area contributed by atoms with E-state index in [1.54, 1.807) is 11.8 Å². The first kappa shape index (κ1) is 17.1. The molecule has 0 bridgehead atoms. The van der Waals surface area contributed by atoms with Gasteiger partial charge in [0.1, 0.15) is 0 Å². The minimum atomic E-state index is 0.184. The van der Waals surface area contributed by atoms with Crippen LogP contribution in [0, 0.1) is 11.8 Å². The topological polar surface area (TPSA) is 29.1 Å². The summed E-state index contributed by atoms with van der Waals surface area (Å²) >= 11 is 1.67. The van der Waals surface area contributed by atoms with Crippen LogP contribution in [0.15, 0.2) is 36.4 Å². The van der Waals surface area contributed by atoms with Gasteiger partial charge in [-0.15, -0.1) is 11.8 Å². The SMILES string of the molecule is CC1CCCC(NC(=O)CSC/C=C/c2ccccc2)C1C. The molecular formula is C19H27NOS. The third kappa shape index (κ3) is 5.53. The highest BCUT2D eigenvalue weighted by atomic mass is 32.2. The zero-order valence-electron chi connectivity index (χ0n) is 13.6. The van der Waals surface area contributed by atoms with Crippen LogP contribution in [0.1, 0.15) is 38.7 Å². The Labute approximate surface area is 138 Å². The Bertz CT molecular complexity index is 485. The summed E-state index contributed by atoms with van der Waals surface area (Å²) < 4.78 is 0. The molecule has 1 amide bonds. The average Bonchev–Trinajstić information content (AvgIpc) is 2.52. The summed E-state index contributed by atoms with van der Waals surface area (Å²) in [5, 5.41) is 3.22. The van der Waals surface area contributed by atoms with Gasteiger partial charge in [-0.05, 0) is 23.8 Å². The van der Waals surface area contributed by atoms with Crippen LogP contribution < -0.4 is 5.32 Å². The smallest absolute Gasteiger partial charge is 0.230 e. The molecule has 3 atom stereocenters. The van der Waals surface area contributed by atoms with Gasteiger partial charge in [-0.25, -0.2) is 0 Å². The van der Waals surface area contributed by atoms with Gasteiger partial charge in [-0.1, -0.05) is 69.2 Å². The zero-order valence-corrected chi connectivity index (χ0v) is 14.4. The van der Waals surface area contributed by atoms with Crippen molar-refractivity contribution in [3.63, 3.8) is 0 Å². The van der Waals surface area contributed by atoms with Crippen molar-refractivity contribution in [1.82, 2.24) is 5.32 Å². The predicted octanol–water partition coefficient (Wildman–Crippen LogP) is 4.37. The number of thioether (sulfide) groups is 1. The number of carbonyl (C=O) groups excluding carboxylic acids is 1. The van der Waals surface area contributed by atoms with Gasteiger partial charge in [0.05, 0.1) is 5.75 Å². The van der Waals surface area contributed by atoms with Crippen molar-refractivity contribution in [2.24, 2.45) is 11.8 Å². The summed E-state index contributed by atoms with van der Waals surface area (Å²) in [6.45, 7) is 4.57. The van der Waals surface area contributed by atoms with Crippen LogP contribution in [0.3, 0.4) is 0 Å². The van der Waals surface area contributed by atoms with E-state index in [4.69, 9.17) is 0 Å². The highest BCUT2D eigenvalue weighted by molar-refractivity contribution is 8.00. The van der Waals surface area contributed by atoms with E-state index >= 15 is 0 Å². The fourth-order valence-corrected chi connectivity index (χ4v) is 3.62. The Balaban J connectivity index is 1.64. The molecular weight excluding hydrogens is 290 g/mol. The molecule has 22 heavy (non-hydrogen) atoms. The Hall–Kier alpha value is -1.22. The lowest BCUT2D eigenvalue weighted by molar-refractivity contribution is -0.119. The lowest BCUT2D eigenvalue weighted by atomic mass is 9.78. The molecule has 3 unspecified atom stereocenters. The first-order chi connectivity index (χ1) is 10.7. The maximum Gasteiger partial charge on any atom is 0.230 e. The van der Waals surface area contributed by atoms with Gasteiger partial charge < -0.3 is 5.32 Å². The van der Waals surface area contributed by atoms with E-state index in [0.717, 1.165) is 18.1 Å². The summed E-state index contributed by atoms with van der Waals surface area (Å²) in [6, 6.07) is 10.6. The van der Waals surface area contributed by atoms with Gasteiger partial charge >= 0.3 is 0 Å². The Morgan fingerprint density at radius 3 is 2.82 bits per heavy atom. The number of carbonyl (C=O) groups is 1. The first-order valence-electron chi connectivity index (χ1n) is 8.25. The van der Waals surface area contributed by atoms with Crippen molar-refractivity contribution in [3.8, 4) is 0 Å². The highest BCUT2D eigenvalue weighted by Crippen LogP contribution is 2.29. The standard InChI is InChI=1S/C19H27NOS/c1-15-8-6-12-18(16(15)2)20-19(21)14-22-13-7-11-17-9-4-3-5-10-17/h3-5,7,9-11,15-16,18H,6,8,12-14H2,1-2H3,(H,20,21)/b11-7+. The lowest BCUT2D eigenvalue weighted by Gasteiger charge is -2.34. The number of benzene rings is 1. The van der Waals surface area contributed by atoms with Crippen molar-refractivity contribution in [3.05, 3.63) is 42.0 Å². The fraction of sp³-hybridized carbons (Fsp3) is 0.526. The predicted molar refractivity (Wildman–Crippen MR) is 96.9 cm³/mol. The zero-order chi connectivity index (χ0) is 15.8. The molecule has 0 aliphatic heterocycles. The minimum Gasteiger partial charge on any atom is -0.352 e. The van der Waals surface area contributed by atoms with E-state index in [9.17, 15) is 4.79 Å². The molecule has 0 saturated heterocycles. The van der Waals surface area contributed by atoms with Gasteiger partial charge in [0.2, 0.25) is 5.91 Å². The van der Waals surface area contributed by atoms with Crippen LogP contribution in [-0.2, 0) is 4.79 Å². The number of hydrogen-bond acceptors (Lipinski definition) is 2. The number of amides is 1. The molecule has 1 aromatic carbocycles. The highest BCUT2D eigenvalue weighted by Gasteiger charge is 2.27. The van der Waals surface area contributed by atoms with Crippen LogP contribution in [-0.4, -0.2) is 23.5 Å². The van der Waals surface area contributed by atoms with Gasteiger partial charge in [0.25, 0.3) is 0 Å². The first-order valence-corrected chi connectivity index (χ1v) is 9.41. The summed E-state index contributed by atoms with van der Waals surface area (Å²) in [5.74, 6) is 2.93. The van der Waals surface area contributed by atoms with Gasteiger partial charge in [-0.2, -0.15) is 0 Å². The normalized spacial score (nSPS) is 25.3. The second-order valence-electron chi connectivity index (χ2n) is 6.27. The molecule has 1 saturated carbocycles. The van der Waals surface area contributed by atoms with E-state index in [2.05, 4.69) is 43.4 Å². The second kappa shape index (κ2) is 9.04. The molecule has 3 heteroatoms. The van der Waals surface area contributed by atoms with Crippen molar-refractivity contribution >= 4 is 23.7 Å². The molecule has 1 aliphatic rings. The minimum absolute atomic E-state index is 0.184. The Morgan fingerprint density at radius 2 is 2.05 bits per heavy atom. The summed E-state index contributed by atoms with van der Waals surface area (Å²) in [7, 11) is 0. The molecule has 0 heterocycles. The van der Waals surface area contributed by atoms with Crippen LogP contribution in [0.5, 0.6) is 0 Å². The summed E-state index contributed by atoms with van der Waals surface area (Å²) in [4.78, 5) is 12.0. The van der Waals surface area contributed by atoms with E-state index < -0.39 is 0 Å². The molecule has 1 aromatic rings. The van der Waals surface area contributed by atoms with Crippen molar-refractivity contribution in [1.29, 1.82) is 0 Å². The molecule has 1 aliphatic carbocycles. The Kier molecular flexibility index (Phi) is 7.04. The molecule has 2 rings (SSSR count). The quantitative estimate of drug-likeness (QED) is 0.789. The van der Waals surface area contributed by atoms with E-state index in [1.165, 1.54) is 18.4 Å². The van der Waals surface area contributed by atoms with E-state index in [0.29, 0.717) is 17.7 Å². The third-order valence-corrected chi connectivity index (χ3v) is 5.50. The van der Waals surface area contributed by atoms with Crippen molar-refractivity contribution in [2.45, 2.75) is 39.2 Å². The Morgan fingerprint density at radius 1 is 1.27 bits per heavy atom. The molecule has 1 fully saturated rings. The maximum absolute atomic E-state index is 12.0. The third-order valence-electron chi connectivity index (χ3n) is 4.61. The van der Waals surface area contributed by atoms with Gasteiger partial charge in [0.15, 0.2) is 0 Å². The molecule has 120 valence electrons. The van der Waals surface area contributed by atoms with Crippen LogP contribution in [0.4, 0.5) is 0 Å². The van der Waals surface area contributed by atoms with Crippen molar-refractivity contribution in [2.75, 3.05) is 11.5 Å². The molecule has 1 N–H and O–H groups in total. The van der Waals surface area contributed by atoms with Crippen LogP contribution in [0.25, 0.3) is 6.08 Å². The molecule has 0 spiro atoms. The monoisotopic (exact) mass is 317 g/mol. The lowest BCUT2D eigenvalue weighted by Crippen LogP contribution is -2.44. The number of rotatable bonds is 6. The van der Waals surface area contributed by atoms with E-state index in [1.807, 2.05) is 18.2 Å². The maximum atomic E-state index is 12.0. The van der Waals surface area contributed by atoms with E-state index in [-0.39, 0.29) is 5.91 Å². The average molecular weight is 317 g/mol. The van der Waals surface area contributed by atoms with Gasteiger partial charge in [0, 0.05) is 11.8 Å². The number of hydrogen-bond donors (Lipinski definition) is 1. The second-order valence-corrected chi connectivity index (χ2v) is 7.30.